The molecule has 0 aliphatic carbocycles. The fraction of sp³-hybridized carbons (Fsp3) is 1.00. The minimum Gasteiger partial charge on any atom is -0.341 e. The zero-order chi connectivity index (χ0) is 10.9. The van der Waals surface area contributed by atoms with Crippen LogP contribution in [0.4, 0.5) is 0 Å². The van der Waals surface area contributed by atoms with E-state index in [2.05, 4.69) is 58.0 Å². The van der Waals surface area contributed by atoms with Gasteiger partial charge in [-0.3, -0.25) is 0 Å². The number of nitrogens with zero attached hydrogens (tertiary/aromatic N) is 2. The van der Waals surface area contributed by atoms with Crippen LogP contribution in [0.5, 0.6) is 0 Å². The second-order valence-electron chi connectivity index (χ2n) is 4.09. The lowest BCUT2D eigenvalue weighted by molar-refractivity contribution is 0.686. The number of rotatable bonds is 4. The van der Waals surface area contributed by atoms with Crippen molar-refractivity contribution in [3.63, 3.8) is 0 Å². The van der Waals surface area contributed by atoms with Crippen LogP contribution in [0.2, 0.25) is 26.2 Å². The van der Waals surface area contributed by atoms with Crippen molar-refractivity contribution in [2.24, 2.45) is 0 Å². The third kappa shape index (κ3) is 5.00. The molecule has 1 aliphatic rings. The Balaban J connectivity index is -0.000000245. The van der Waals surface area contributed by atoms with Gasteiger partial charge in [0.2, 0.25) is 0 Å². The van der Waals surface area contributed by atoms with Crippen molar-refractivity contribution in [1.82, 2.24) is 17.8 Å². The molecule has 1 fully saturated rings. The Labute approximate surface area is 124 Å². The molecule has 0 aromatic heterocycles. The Bertz CT molecular complexity index is 171. The van der Waals surface area contributed by atoms with Crippen molar-refractivity contribution in [2.75, 3.05) is 14.1 Å². The molecular weight excluding hydrogens is 288 g/mol. The summed E-state index contributed by atoms with van der Waals surface area (Å²) in [5.74, 6) is 0. The highest BCUT2D eigenvalue weighted by Crippen LogP contribution is 2.21. The van der Waals surface area contributed by atoms with Crippen LogP contribution >= 0.6 is 0 Å². The van der Waals surface area contributed by atoms with Gasteiger partial charge < -0.3 is 17.8 Å². The van der Waals surface area contributed by atoms with Crippen molar-refractivity contribution in [1.29, 1.82) is 0 Å². The van der Waals surface area contributed by atoms with Gasteiger partial charge in [0.25, 0.3) is 0 Å². The van der Waals surface area contributed by atoms with Crippen molar-refractivity contribution < 1.29 is 0 Å². The van der Waals surface area contributed by atoms with E-state index in [-0.39, 0.29) is 29.7 Å². The molecule has 0 amide bonds. The van der Waals surface area contributed by atoms with Gasteiger partial charge in [0.15, 0.2) is 36.5 Å². The molecule has 1 heterocycles. The fourth-order valence-electron chi connectivity index (χ4n) is 2.45. The van der Waals surface area contributed by atoms with Crippen molar-refractivity contribution in [3.05, 3.63) is 0 Å². The molecule has 2 N–H and O–H groups in total. The Morgan fingerprint density at radius 2 is 0.944 bits per heavy atom. The molecule has 0 aromatic rings. The Hall–Kier alpha value is 0.708. The van der Waals surface area contributed by atoms with Crippen molar-refractivity contribution >= 4 is 36.5 Å². The highest BCUT2D eigenvalue weighted by Gasteiger charge is 2.46. The van der Waals surface area contributed by atoms with E-state index in [1.165, 1.54) is 0 Å². The summed E-state index contributed by atoms with van der Waals surface area (Å²) in [7, 11) is 1.42. The Morgan fingerprint density at radius 1 is 0.722 bits per heavy atom. The number of nitrogens with one attached hydrogen (secondary N) is 2. The van der Waals surface area contributed by atoms with Crippen LogP contribution in [0.25, 0.3) is 0 Å². The molecule has 1 saturated heterocycles. The van der Waals surface area contributed by atoms with Crippen LogP contribution < -0.4 is 9.96 Å². The maximum Gasteiger partial charge on any atom is 0.172 e. The molecule has 8 heteroatoms. The molecule has 0 aromatic carbocycles. The zero-order valence-corrected chi connectivity index (χ0v) is 14.8. The lowest BCUT2D eigenvalue weighted by Crippen LogP contribution is -2.84. The summed E-state index contributed by atoms with van der Waals surface area (Å²) in [6.07, 6.45) is 0. The molecule has 0 spiro atoms. The first-order valence-electron chi connectivity index (χ1n) is 5.44. The summed E-state index contributed by atoms with van der Waals surface area (Å²) in [6.45, 7) is 9.84. The summed E-state index contributed by atoms with van der Waals surface area (Å²) in [5.41, 5.74) is 0. The van der Waals surface area contributed by atoms with E-state index in [9.17, 15) is 0 Å². The molecular formula is C10H40N4Si4. The zero-order valence-electron chi connectivity index (χ0n) is 10.2. The molecule has 0 radical (unpaired) electrons. The van der Waals surface area contributed by atoms with Gasteiger partial charge in [-0.2, -0.15) is 0 Å². The molecule has 116 valence electrons. The maximum atomic E-state index is 3.51. The largest absolute Gasteiger partial charge is 0.341 e. The fourth-order valence-corrected chi connectivity index (χ4v) is 26.3. The number of hydrogen-bond acceptors (Lipinski definition) is 4. The maximum absolute atomic E-state index is 3.51. The Kier molecular flexibility index (Phi) is 17.4. The summed E-state index contributed by atoms with van der Waals surface area (Å²) in [6, 6.07) is 0. The smallest absolute Gasteiger partial charge is 0.172 e. The van der Waals surface area contributed by atoms with Crippen LogP contribution in [0.1, 0.15) is 29.7 Å². The van der Waals surface area contributed by atoms with Gasteiger partial charge in [0.1, 0.15) is 0 Å². The molecule has 18 heavy (non-hydrogen) atoms. The third-order valence-corrected chi connectivity index (χ3v) is 26.1. The predicted octanol–water partition coefficient (Wildman–Crippen LogP) is 0.988. The van der Waals surface area contributed by atoms with E-state index >= 15 is 0 Å². The van der Waals surface area contributed by atoms with Gasteiger partial charge in [-0.15, -0.1) is 0 Å². The molecule has 0 saturated carbocycles. The van der Waals surface area contributed by atoms with Gasteiger partial charge >= 0.3 is 0 Å². The molecule has 1 aliphatic heterocycles. The van der Waals surface area contributed by atoms with Gasteiger partial charge in [-0.25, -0.2) is 0 Å². The van der Waals surface area contributed by atoms with E-state index in [4.69, 9.17) is 0 Å². The van der Waals surface area contributed by atoms with E-state index < -0.39 is 36.5 Å². The first-order chi connectivity index (χ1) is 6.54. The summed E-state index contributed by atoms with van der Waals surface area (Å²) >= 11 is 0. The van der Waals surface area contributed by atoms with Crippen LogP contribution in [0.15, 0.2) is 0 Å². The summed E-state index contributed by atoms with van der Waals surface area (Å²) < 4.78 is 5.84. The van der Waals surface area contributed by atoms with E-state index in [1.54, 1.807) is 0 Å². The lowest BCUT2D eigenvalue weighted by Gasteiger charge is -2.58. The van der Waals surface area contributed by atoms with E-state index in [0.717, 1.165) is 0 Å². The van der Waals surface area contributed by atoms with Crippen molar-refractivity contribution in [2.45, 2.75) is 55.9 Å². The van der Waals surface area contributed by atoms with E-state index in [1.807, 2.05) is 0 Å². The van der Waals surface area contributed by atoms with Crippen LogP contribution in [0, 0.1) is 0 Å². The first kappa shape index (κ1) is 27.1. The van der Waals surface area contributed by atoms with Gasteiger partial charge in [0.05, 0.1) is 0 Å². The van der Waals surface area contributed by atoms with Crippen LogP contribution in [-0.4, -0.2) is 58.4 Å². The second kappa shape index (κ2) is 11.5. The molecule has 4 nitrogen and oxygen atoms in total. The molecule has 2 unspecified atom stereocenters. The average molecular weight is 329 g/mol. The standard InChI is InChI=1S/C6H24N4Si4.4CH4/c1-7-11(3)9-13(5)10(14(9)6)12(4)8-2;;;;/h7-8,11-14H,1-6H3;4*1H4. The van der Waals surface area contributed by atoms with E-state index in [0.29, 0.717) is 0 Å². The minimum absolute atomic E-state index is 0. The monoisotopic (exact) mass is 328 g/mol. The highest BCUT2D eigenvalue weighted by molar-refractivity contribution is 7.01. The lowest BCUT2D eigenvalue weighted by atomic mass is 11.6. The Morgan fingerprint density at radius 3 is 1.11 bits per heavy atom. The third-order valence-electron chi connectivity index (χ3n) is 3.46. The minimum atomic E-state index is -0.736. The summed E-state index contributed by atoms with van der Waals surface area (Å²) in [5, 5.41) is 0. The average Bonchev–Trinajstić information content (AvgIpc) is 2.17. The molecule has 1 rings (SSSR count). The van der Waals surface area contributed by atoms with Gasteiger partial charge in [-0.05, 0) is 40.3 Å². The van der Waals surface area contributed by atoms with Crippen molar-refractivity contribution in [3.8, 4) is 0 Å². The molecule has 2 atom stereocenters. The normalized spacial score (nSPS) is 26.3. The second-order valence-corrected chi connectivity index (χ2v) is 17.6. The van der Waals surface area contributed by atoms with Gasteiger partial charge in [-0.1, -0.05) is 29.7 Å². The summed E-state index contributed by atoms with van der Waals surface area (Å²) in [4.78, 5) is 7.02. The molecule has 0 bridgehead atoms. The van der Waals surface area contributed by atoms with Crippen LogP contribution in [-0.2, 0) is 0 Å². The highest BCUT2D eigenvalue weighted by atomic mass is 28.5. The number of hydrogen-bond donors (Lipinski definition) is 2. The first-order valence-corrected chi connectivity index (χ1v) is 14.3. The van der Waals surface area contributed by atoms with Gasteiger partial charge in [0, 0.05) is 0 Å². The SMILES string of the molecule is C.C.C.C.CN[SiH](C)N1[SiH](C)N([SiH](C)NC)[SiH]1C. The predicted molar refractivity (Wildman–Crippen MR) is 101 cm³/mol. The quantitative estimate of drug-likeness (QED) is 0.754. The van der Waals surface area contributed by atoms with Crippen LogP contribution in [0.3, 0.4) is 0 Å². The topological polar surface area (TPSA) is 30.5 Å².